The first-order valence-electron chi connectivity index (χ1n) is 10.4. The van der Waals surface area contributed by atoms with E-state index in [1.165, 1.54) is 22.4 Å². The number of nitrogens with zero attached hydrogens (tertiary/aromatic N) is 2. The summed E-state index contributed by atoms with van der Waals surface area (Å²) >= 11 is 1.19. The minimum Gasteiger partial charge on any atom is -0.341 e. The first-order chi connectivity index (χ1) is 15.0. The molecule has 5 nitrogen and oxygen atoms in total. The molecule has 0 saturated heterocycles. The summed E-state index contributed by atoms with van der Waals surface area (Å²) in [5, 5.41) is 7.77. The van der Waals surface area contributed by atoms with Crippen LogP contribution in [0.1, 0.15) is 52.2 Å². The van der Waals surface area contributed by atoms with Crippen molar-refractivity contribution in [2.75, 3.05) is 0 Å². The van der Waals surface area contributed by atoms with E-state index in [2.05, 4.69) is 10.4 Å². The summed E-state index contributed by atoms with van der Waals surface area (Å²) in [6, 6.07) is -1.09. The lowest BCUT2D eigenvalue weighted by atomic mass is 9.87. The number of hydrogen-bond donors (Lipinski definition) is 2. The maximum absolute atomic E-state index is 14.3. The Bertz CT molecular complexity index is 983. The highest BCUT2D eigenvalue weighted by Crippen LogP contribution is 2.40. The fraction of sp³-hybridized carbons (Fsp3) is 0.524. The Morgan fingerprint density at radius 3 is 2.81 bits per heavy atom. The molecule has 3 heterocycles. The largest absolute Gasteiger partial charge is 0.417 e. The third kappa shape index (κ3) is 4.19. The number of hydrazone groups is 1. The molecule has 32 heavy (non-hydrogen) atoms. The summed E-state index contributed by atoms with van der Waals surface area (Å²) in [4.78, 5) is 13.9. The van der Waals surface area contributed by atoms with Crippen LogP contribution in [0.4, 0.5) is 22.0 Å². The van der Waals surface area contributed by atoms with Crippen molar-refractivity contribution < 1.29 is 26.7 Å². The summed E-state index contributed by atoms with van der Waals surface area (Å²) in [5.74, 6) is -4.05. The number of hydrogen-bond acceptors (Lipinski definition) is 5. The van der Waals surface area contributed by atoms with E-state index in [-0.39, 0.29) is 17.2 Å². The van der Waals surface area contributed by atoms with E-state index in [1.54, 1.807) is 12.3 Å². The van der Waals surface area contributed by atoms with Gasteiger partial charge in [0.2, 0.25) is 0 Å². The van der Waals surface area contributed by atoms with Gasteiger partial charge >= 0.3 is 6.18 Å². The van der Waals surface area contributed by atoms with Crippen LogP contribution in [-0.4, -0.2) is 47.4 Å². The van der Waals surface area contributed by atoms with Crippen molar-refractivity contribution in [1.29, 1.82) is 0 Å². The zero-order chi connectivity index (χ0) is 23.3. The highest BCUT2D eigenvalue weighted by atomic mass is 32.1. The number of alkyl halides is 5. The van der Waals surface area contributed by atoms with Gasteiger partial charge < -0.3 is 11.1 Å². The monoisotopic (exact) mass is 474 g/mol. The van der Waals surface area contributed by atoms with Gasteiger partial charge in [-0.25, -0.2) is 8.78 Å². The Morgan fingerprint density at radius 2 is 2.16 bits per heavy atom. The number of amides is 1. The summed E-state index contributed by atoms with van der Waals surface area (Å²) in [5.41, 5.74) is 5.81. The van der Waals surface area contributed by atoms with E-state index in [4.69, 9.17) is 5.73 Å². The Hall–Kier alpha value is -2.27. The van der Waals surface area contributed by atoms with Gasteiger partial charge in [0.25, 0.3) is 11.8 Å². The van der Waals surface area contributed by atoms with Gasteiger partial charge in [0.15, 0.2) is 0 Å². The number of carbonyl (C=O) groups excluding carboxylic acids is 1. The normalized spacial score (nSPS) is 29.1. The Kier molecular flexibility index (Phi) is 5.91. The van der Waals surface area contributed by atoms with Gasteiger partial charge in [-0.2, -0.15) is 18.3 Å². The number of halogens is 5. The minimum absolute atomic E-state index is 0.267. The lowest BCUT2D eigenvalue weighted by Gasteiger charge is -2.36. The predicted molar refractivity (Wildman–Crippen MR) is 112 cm³/mol. The average Bonchev–Trinajstić information content (AvgIpc) is 3.33. The fourth-order valence-corrected chi connectivity index (χ4v) is 5.43. The van der Waals surface area contributed by atoms with Crippen LogP contribution in [0.25, 0.3) is 0 Å². The molecule has 0 bridgehead atoms. The van der Waals surface area contributed by atoms with E-state index in [9.17, 15) is 26.7 Å². The van der Waals surface area contributed by atoms with E-state index in [0.717, 1.165) is 22.7 Å². The number of fused-ring (bicyclic) bond motifs is 1. The SMILES string of the molecule is CCc1sc(C(=O)NC2C(N)CCCC2(F)F)cc1C1C=NN2C=C(C(F)(F)F)C=CC12. The van der Waals surface area contributed by atoms with Crippen molar-refractivity contribution >= 4 is 23.5 Å². The number of nitrogens with two attached hydrogens (primary N) is 1. The van der Waals surface area contributed by atoms with Crippen molar-refractivity contribution in [3.63, 3.8) is 0 Å². The third-order valence-corrected chi connectivity index (χ3v) is 7.36. The minimum atomic E-state index is -4.47. The van der Waals surface area contributed by atoms with E-state index in [0.29, 0.717) is 19.3 Å². The number of rotatable bonds is 4. The standard InChI is InChI=1S/C21H23F5N4OS/c1-2-16-12(13-9-28-30-10-11(21(24,25)26)5-6-15(13)30)8-17(32-16)19(31)29-18-14(27)4-3-7-20(18,22)23/h5-6,8-10,13-15,18H,2-4,7,27H2,1H3,(H,29,31). The molecule has 4 unspecified atom stereocenters. The van der Waals surface area contributed by atoms with Gasteiger partial charge in [-0.05, 0) is 30.9 Å². The molecule has 174 valence electrons. The van der Waals surface area contributed by atoms with Gasteiger partial charge in [0.1, 0.15) is 6.04 Å². The molecule has 4 rings (SSSR count). The second kappa shape index (κ2) is 8.26. The number of nitrogens with one attached hydrogen (secondary N) is 1. The molecule has 0 aromatic carbocycles. The van der Waals surface area contributed by atoms with Gasteiger partial charge in [0.05, 0.1) is 16.5 Å². The summed E-state index contributed by atoms with van der Waals surface area (Å²) in [6.45, 7) is 1.89. The number of allylic oxidation sites excluding steroid dienone is 2. The lowest BCUT2D eigenvalue weighted by molar-refractivity contribution is -0.0898. The van der Waals surface area contributed by atoms with Gasteiger partial charge in [-0.3, -0.25) is 9.80 Å². The van der Waals surface area contributed by atoms with Gasteiger partial charge in [-0.15, -0.1) is 11.3 Å². The maximum atomic E-state index is 14.3. The predicted octanol–water partition coefficient (Wildman–Crippen LogP) is 4.33. The molecular weight excluding hydrogens is 451 g/mol. The van der Waals surface area contributed by atoms with Crippen LogP contribution in [0.3, 0.4) is 0 Å². The maximum Gasteiger partial charge on any atom is 0.417 e. The van der Waals surface area contributed by atoms with Crippen LogP contribution in [0, 0.1) is 0 Å². The molecule has 1 saturated carbocycles. The van der Waals surface area contributed by atoms with Crippen LogP contribution >= 0.6 is 11.3 Å². The molecule has 1 aromatic rings. The smallest absolute Gasteiger partial charge is 0.341 e. The third-order valence-electron chi connectivity index (χ3n) is 6.07. The molecule has 3 N–H and O–H groups in total. The first kappa shape index (κ1) is 22.9. The molecule has 11 heteroatoms. The summed E-state index contributed by atoms with van der Waals surface area (Å²) in [6.07, 6.45) is 1.48. The highest BCUT2D eigenvalue weighted by molar-refractivity contribution is 7.14. The first-order valence-corrected chi connectivity index (χ1v) is 11.2. The van der Waals surface area contributed by atoms with Crippen LogP contribution in [0.2, 0.25) is 0 Å². The molecule has 1 aliphatic carbocycles. The lowest BCUT2D eigenvalue weighted by Crippen LogP contribution is -2.59. The molecule has 3 aliphatic rings. The van der Waals surface area contributed by atoms with Crippen LogP contribution in [0.15, 0.2) is 35.1 Å². The summed E-state index contributed by atoms with van der Waals surface area (Å²) in [7, 11) is 0. The second-order valence-electron chi connectivity index (χ2n) is 8.21. The van der Waals surface area contributed by atoms with Crippen molar-refractivity contribution in [3.05, 3.63) is 45.3 Å². The zero-order valence-corrected chi connectivity index (χ0v) is 18.0. The molecule has 1 fully saturated rings. The fourth-order valence-electron chi connectivity index (χ4n) is 4.37. The van der Waals surface area contributed by atoms with Crippen molar-refractivity contribution in [3.8, 4) is 0 Å². The molecule has 0 radical (unpaired) electrons. The molecule has 1 aromatic heterocycles. The Labute approximate surface area is 185 Å². The average molecular weight is 474 g/mol. The van der Waals surface area contributed by atoms with Gasteiger partial charge in [-0.1, -0.05) is 19.1 Å². The second-order valence-corrected chi connectivity index (χ2v) is 9.35. The molecule has 1 amide bonds. The van der Waals surface area contributed by atoms with E-state index in [1.807, 2.05) is 6.92 Å². The number of carbonyl (C=O) groups is 1. The molecular formula is C21H23F5N4OS. The number of aryl methyl sites for hydroxylation is 1. The van der Waals surface area contributed by atoms with Crippen molar-refractivity contribution in [1.82, 2.24) is 10.3 Å². The van der Waals surface area contributed by atoms with Crippen molar-refractivity contribution in [2.45, 2.75) is 68.7 Å². The topological polar surface area (TPSA) is 70.7 Å². The van der Waals surface area contributed by atoms with Crippen LogP contribution < -0.4 is 11.1 Å². The van der Waals surface area contributed by atoms with E-state index < -0.39 is 41.7 Å². The molecule has 2 aliphatic heterocycles. The number of thiophene rings is 1. The molecule has 0 spiro atoms. The summed E-state index contributed by atoms with van der Waals surface area (Å²) < 4.78 is 67.6. The van der Waals surface area contributed by atoms with Gasteiger partial charge in [0, 0.05) is 35.7 Å². The quantitative estimate of drug-likeness (QED) is 0.639. The Morgan fingerprint density at radius 1 is 1.41 bits per heavy atom. The van der Waals surface area contributed by atoms with Crippen LogP contribution in [-0.2, 0) is 6.42 Å². The van der Waals surface area contributed by atoms with Crippen LogP contribution in [0.5, 0.6) is 0 Å². The van der Waals surface area contributed by atoms with Crippen molar-refractivity contribution in [2.24, 2.45) is 10.8 Å². The molecule has 4 atom stereocenters. The highest BCUT2D eigenvalue weighted by Gasteiger charge is 2.47. The Balaban J connectivity index is 1.55. The zero-order valence-electron chi connectivity index (χ0n) is 17.2. The van der Waals surface area contributed by atoms with E-state index >= 15 is 0 Å².